The molecule has 15 heavy (non-hydrogen) atoms. The monoisotopic (exact) mass is 208 g/mol. The fraction of sp³-hybridized carbons (Fsp3) is 0.600. The highest BCUT2D eigenvalue weighted by molar-refractivity contribution is 5.90. The minimum Gasteiger partial charge on any atom is -0.364 e. The molecule has 2 rings (SSSR count). The summed E-state index contributed by atoms with van der Waals surface area (Å²) in [5.74, 6) is 0.148. The van der Waals surface area contributed by atoms with E-state index >= 15 is 0 Å². The van der Waals surface area contributed by atoms with E-state index in [-0.39, 0.29) is 0 Å². The van der Waals surface area contributed by atoms with Crippen LogP contribution < -0.4 is 11.1 Å². The molecule has 0 bridgehead atoms. The van der Waals surface area contributed by atoms with E-state index in [0.29, 0.717) is 11.6 Å². The van der Waals surface area contributed by atoms with Crippen LogP contribution in [-0.4, -0.2) is 28.8 Å². The lowest BCUT2D eigenvalue weighted by Gasteiger charge is -2.22. The van der Waals surface area contributed by atoms with Crippen molar-refractivity contribution in [3.63, 3.8) is 0 Å². The average Bonchev–Trinajstić information content (AvgIpc) is 2.68. The number of nitrogens with two attached hydrogens (primary N) is 1. The van der Waals surface area contributed by atoms with Gasteiger partial charge in [-0.2, -0.15) is 5.10 Å². The summed E-state index contributed by atoms with van der Waals surface area (Å²) < 4.78 is 1.80. The zero-order chi connectivity index (χ0) is 10.7. The van der Waals surface area contributed by atoms with Gasteiger partial charge in [0.15, 0.2) is 0 Å². The number of nitrogens with zero attached hydrogens (tertiary/aromatic N) is 2. The van der Waals surface area contributed by atoms with Gasteiger partial charge in [0.2, 0.25) is 0 Å². The molecule has 1 aromatic rings. The number of nitrogens with one attached hydrogen (secondary N) is 1. The second-order valence-corrected chi connectivity index (χ2v) is 4.00. The van der Waals surface area contributed by atoms with Gasteiger partial charge >= 0.3 is 0 Å². The first-order valence-electron chi connectivity index (χ1n) is 5.29. The van der Waals surface area contributed by atoms with Crippen LogP contribution in [0.5, 0.6) is 0 Å². The molecule has 0 saturated carbocycles. The van der Waals surface area contributed by atoms with E-state index in [9.17, 15) is 4.79 Å². The van der Waals surface area contributed by atoms with Gasteiger partial charge in [-0.25, -0.2) is 0 Å². The van der Waals surface area contributed by atoms with Gasteiger partial charge in [-0.3, -0.25) is 9.48 Å². The Balaban J connectivity index is 1.94. The molecule has 1 saturated heterocycles. The highest BCUT2D eigenvalue weighted by atomic mass is 16.1. The number of carbonyl (C=O) groups excluding carboxylic acids is 1. The van der Waals surface area contributed by atoms with Gasteiger partial charge in [-0.1, -0.05) is 0 Å². The van der Waals surface area contributed by atoms with Crippen LogP contribution in [0.25, 0.3) is 0 Å². The van der Waals surface area contributed by atoms with Crippen LogP contribution in [0.1, 0.15) is 23.3 Å². The van der Waals surface area contributed by atoms with Crippen molar-refractivity contribution < 1.29 is 4.79 Å². The molecular formula is C10H16N4O. The lowest BCUT2D eigenvalue weighted by atomic mass is 10.00. The van der Waals surface area contributed by atoms with Crippen LogP contribution in [0.3, 0.4) is 0 Å². The Morgan fingerprint density at radius 1 is 1.73 bits per heavy atom. The highest BCUT2D eigenvalue weighted by Crippen LogP contribution is 2.12. The predicted octanol–water partition coefficient (Wildman–Crippen LogP) is -0.0184. The third-order valence-electron chi connectivity index (χ3n) is 2.74. The van der Waals surface area contributed by atoms with Crippen molar-refractivity contribution in [2.24, 2.45) is 11.7 Å². The smallest absolute Gasteiger partial charge is 0.269 e. The van der Waals surface area contributed by atoms with Crippen molar-refractivity contribution in [2.45, 2.75) is 19.4 Å². The molecule has 5 nitrogen and oxygen atoms in total. The Morgan fingerprint density at radius 3 is 3.20 bits per heavy atom. The van der Waals surface area contributed by atoms with E-state index in [0.717, 1.165) is 19.6 Å². The largest absolute Gasteiger partial charge is 0.364 e. The summed E-state index contributed by atoms with van der Waals surface area (Å²) in [4.78, 5) is 10.8. The zero-order valence-corrected chi connectivity index (χ0v) is 8.65. The van der Waals surface area contributed by atoms with E-state index in [2.05, 4.69) is 10.4 Å². The van der Waals surface area contributed by atoms with Gasteiger partial charge < -0.3 is 11.1 Å². The van der Waals surface area contributed by atoms with Crippen LogP contribution in [0, 0.1) is 5.92 Å². The maximum absolute atomic E-state index is 10.8. The molecule has 1 aromatic heterocycles. The zero-order valence-electron chi connectivity index (χ0n) is 8.65. The summed E-state index contributed by atoms with van der Waals surface area (Å²) in [5, 5.41) is 7.47. The number of piperidine rings is 1. The maximum Gasteiger partial charge on any atom is 0.269 e. The summed E-state index contributed by atoms with van der Waals surface area (Å²) in [6, 6.07) is 1.67. The van der Waals surface area contributed by atoms with E-state index in [4.69, 9.17) is 5.73 Å². The average molecular weight is 208 g/mol. The van der Waals surface area contributed by atoms with Crippen LogP contribution in [0.15, 0.2) is 12.3 Å². The van der Waals surface area contributed by atoms with E-state index in [1.807, 2.05) is 6.20 Å². The third-order valence-corrected chi connectivity index (χ3v) is 2.74. The molecule has 3 N–H and O–H groups in total. The Hall–Kier alpha value is -1.36. The second-order valence-electron chi connectivity index (χ2n) is 4.00. The number of hydrogen-bond donors (Lipinski definition) is 2. The van der Waals surface area contributed by atoms with Crippen molar-refractivity contribution in [3.05, 3.63) is 18.0 Å². The molecule has 82 valence electrons. The summed E-state index contributed by atoms with van der Waals surface area (Å²) >= 11 is 0. The van der Waals surface area contributed by atoms with E-state index in [1.165, 1.54) is 12.8 Å². The normalized spacial score (nSPS) is 21.5. The minimum atomic E-state index is -0.462. The van der Waals surface area contributed by atoms with Gasteiger partial charge in [-0.05, 0) is 37.9 Å². The highest BCUT2D eigenvalue weighted by Gasteiger charge is 2.14. The van der Waals surface area contributed by atoms with Crippen LogP contribution in [-0.2, 0) is 6.54 Å². The van der Waals surface area contributed by atoms with Crippen molar-refractivity contribution in [1.82, 2.24) is 15.1 Å². The molecular weight excluding hydrogens is 192 g/mol. The quantitative estimate of drug-likeness (QED) is 0.733. The lowest BCUT2D eigenvalue weighted by Crippen LogP contribution is -2.32. The first-order valence-corrected chi connectivity index (χ1v) is 5.29. The van der Waals surface area contributed by atoms with Crippen LogP contribution >= 0.6 is 0 Å². The SMILES string of the molecule is NC(=O)c1ccn(CC2CCCNC2)n1. The molecule has 2 heterocycles. The van der Waals surface area contributed by atoms with Gasteiger partial charge in [0.05, 0.1) is 0 Å². The fourth-order valence-electron chi connectivity index (χ4n) is 1.94. The lowest BCUT2D eigenvalue weighted by molar-refractivity contribution is 0.0994. The number of amides is 1. The topological polar surface area (TPSA) is 72.9 Å². The van der Waals surface area contributed by atoms with E-state index < -0.39 is 5.91 Å². The van der Waals surface area contributed by atoms with Gasteiger partial charge in [0.1, 0.15) is 5.69 Å². The second kappa shape index (κ2) is 4.44. The van der Waals surface area contributed by atoms with Crippen molar-refractivity contribution in [3.8, 4) is 0 Å². The molecule has 5 heteroatoms. The van der Waals surface area contributed by atoms with Gasteiger partial charge in [0.25, 0.3) is 5.91 Å². The summed E-state index contributed by atoms with van der Waals surface area (Å²) in [6.45, 7) is 3.01. The molecule has 1 aliphatic rings. The van der Waals surface area contributed by atoms with Gasteiger partial charge in [0, 0.05) is 12.7 Å². The van der Waals surface area contributed by atoms with Crippen molar-refractivity contribution in [1.29, 1.82) is 0 Å². The third kappa shape index (κ3) is 2.56. The Morgan fingerprint density at radius 2 is 2.60 bits per heavy atom. The Labute approximate surface area is 88.6 Å². The summed E-state index contributed by atoms with van der Waals surface area (Å²) in [7, 11) is 0. The molecule has 1 fully saturated rings. The van der Waals surface area contributed by atoms with Crippen LogP contribution in [0.4, 0.5) is 0 Å². The Bertz CT molecular complexity index is 341. The molecule has 0 radical (unpaired) electrons. The van der Waals surface area contributed by atoms with Crippen LogP contribution in [0.2, 0.25) is 0 Å². The first kappa shape index (κ1) is 10.2. The van der Waals surface area contributed by atoms with Crippen molar-refractivity contribution >= 4 is 5.91 Å². The standard InChI is InChI=1S/C10H16N4O/c11-10(15)9-3-5-14(13-9)7-8-2-1-4-12-6-8/h3,5,8,12H,1-2,4,6-7H2,(H2,11,15). The first-order chi connectivity index (χ1) is 7.25. The maximum atomic E-state index is 10.8. The van der Waals surface area contributed by atoms with Gasteiger partial charge in [-0.15, -0.1) is 0 Å². The number of carbonyl (C=O) groups is 1. The number of rotatable bonds is 3. The molecule has 1 amide bonds. The Kier molecular flexibility index (Phi) is 3.01. The predicted molar refractivity (Wildman–Crippen MR) is 56.3 cm³/mol. The minimum absolute atomic E-state index is 0.346. The molecule has 0 aromatic carbocycles. The molecule has 1 atom stereocenters. The molecule has 1 aliphatic heterocycles. The molecule has 0 aliphatic carbocycles. The fourth-order valence-corrected chi connectivity index (χ4v) is 1.94. The molecule has 1 unspecified atom stereocenters. The summed E-state index contributed by atoms with van der Waals surface area (Å²) in [5.41, 5.74) is 5.48. The number of primary amides is 1. The number of hydrogen-bond acceptors (Lipinski definition) is 3. The summed E-state index contributed by atoms with van der Waals surface area (Å²) in [6.07, 6.45) is 4.25. The van der Waals surface area contributed by atoms with Crippen molar-refractivity contribution in [2.75, 3.05) is 13.1 Å². The molecule has 0 spiro atoms. The number of aromatic nitrogens is 2. The van der Waals surface area contributed by atoms with E-state index in [1.54, 1.807) is 10.7 Å².